The van der Waals surface area contributed by atoms with Gasteiger partial charge in [0.05, 0.1) is 18.8 Å². The Morgan fingerprint density at radius 3 is 2.74 bits per heavy atom. The molecule has 0 aliphatic rings. The Morgan fingerprint density at radius 1 is 1.19 bits per heavy atom. The largest absolute Gasteiger partial charge is 0.439 e. The molecule has 3 rings (SSSR count). The van der Waals surface area contributed by atoms with Crippen LogP contribution in [0.1, 0.15) is 43.7 Å². The lowest BCUT2D eigenvalue weighted by Gasteiger charge is -2.11. The van der Waals surface area contributed by atoms with Crippen LogP contribution in [0, 0.1) is 5.82 Å². The van der Waals surface area contributed by atoms with E-state index < -0.39 is 0 Å². The normalized spacial score (nSPS) is 11.2. The Bertz CT molecular complexity index is 993. The Labute approximate surface area is 198 Å². The van der Waals surface area contributed by atoms with Gasteiger partial charge in [-0.25, -0.2) is 14.4 Å². The molecule has 0 radical (unpaired) electrons. The molecule has 9 heteroatoms. The van der Waals surface area contributed by atoms with Crippen molar-refractivity contribution in [1.82, 2.24) is 20.8 Å². The summed E-state index contributed by atoms with van der Waals surface area (Å²) in [5.74, 6) is 2.08. The number of hydrogen-bond donors (Lipinski definition) is 2. The molecule has 0 saturated heterocycles. The molecule has 0 aliphatic heterocycles. The number of aromatic nitrogens is 2. The van der Waals surface area contributed by atoms with Crippen LogP contribution < -0.4 is 15.4 Å². The van der Waals surface area contributed by atoms with E-state index in [-0.39, 0.29) is 29.8 Å². The maximum Gasteiger partial charge on any atom is 0.224 e. The zero-order valence-corrected chi connectivity index (χ0v) is 20.1. The van der Waals surface area contributed by atoms with Crippen molar-refractivity contribution in [3.63, 3.8) is 0 Å². The van der Waals surface area contributed by atoms with E-state index in [0.29, 0.717) is 43.1 Å². The number of benzene rings is 1. The Balaban J connectivity index is 0.00000341. The highest BCUT2D eigenvalue weighted by molar-refractivity contribution is 14.0. The van der Waals surface area contributed by atoms with Gasteiger partial charge in [0.25, 0.3) is 0 Å². The van der Waals surface area contributed by atoms with Gasteiger partial charge in [-0.1, -0.05) is 31.1 Å². The molecule has 2 heterocycles. The summed E-state index contributed by atoms with van der Waals surface area (Å²) in [6.45, 7) is 7.63. The summed E-state index contributed by atoms with van der Waals surface area (Å²) < 4.78 is 24.5. The molecule has 1 aromatic carbocycles. The Morgan fingerprint density at radius 2 is 2.03 bits per heavy atom. The average Bonchev–Trinajstić information content (AvgIpc) is 3.20. The van der Waals surface area contributed by atoms with Crippen LogP contribution in [0.15, 0.2) is 58.2 Å². The number of guanidine groups is 1. The van der Waals surface area contributed by atoms with Crippen LogP contribution >= 0.6 is 24.0 Å². The van der Waals surface area contributed by atoms with Crippen LogP contribution in [-0.4, -0.2) is 22.6 Å². The quantitative estimate of drug-likeness (QED) is 0.238. The molecule has 0 atom stereocenters. The fraction of sp³-hybridized carbons (Fsp3) is 0.318. The minimum atomic E-state index is -0.366. The fourth-order valence-corrected chi connectivity index (χ4v) is 2.64. The molecule has 7 nitrogen and oxygen atoms in total. The number of halogens is 2. The van der Waals surface area contributed by atoms with Crippen LogP contribution in [0.4, 0.5) is 4.39 Å². The summed E-state index contributed by atoms with van der Waals surface area (Å²) in [6, 6.07) is 11.6. The number of aliphatic imine (C=N–C) groups is 1. The average molecular weight is 539 g/mol. The number of hydrogen-bond acceptors (Lipinski definition) is 5. The van der Waals surface area contributed by atoms with Crippen LogP contribution in [-0.2, 0) is 13.1 Å². The van der Waals surface area contributed by atoms with Crippen LogP contribution in [0.5, 0.6) is 11.6 Å². The van der Waals surface area contributed by atoms with Gasteiger partial charge in [-0.05, 0) is 31.0 Å². The molecule has 2 aromatic heterocycles. The predicted molar refractivity (Wildman–Crippen MR) is 128 cm³/mol. The molecule has 31 heavy (non-hydrogen) atoms. The first-order valence-corrected chi connectivity index (χ1v) is 9.90. The van der Waals surface area contributed by atoms with E-state index in [2.05, 4.69) is 39.6 Å². The summed E-state index contributed by atoms with van der Waals surface area (Å²) in [5.41, 5.74) is 1.70. The summed E-state index contributed by atoms with van der Waals surface area (Å²) in [4.78, 5) is 8.86. The third-order valence-electron chi connectivity index (χ3n) is 4.21. The van der Waals surface area contributed by atoms with E-state index in [4.69, 9.17) is 9.26 Å². The van der Waals surface area contributed by atoms with Crippen LogP contribution in [0.2, 0.25) is 0 Å². The van der Waals surface area contributed by atoms with E-state index in [0.717, 1.165) is 17.0 Å². The molecule has 2 N–H and O–H groups in total. The van der Waals surface area contributed by atoms with Crippen molar-refractivity contribution < 1.29 is 13.7 Å². The van der Waals surface area contributed by atoms with Gasteiger partial charge in [-0.15, -0.1) is 24.0 Å². The van der Waals surface area contributed by atoms with Crippen molar-refractivity contribution >= 4 is 29.9 Å². The highest BCUT2D eigenvalue weighted by atomic mass is 127. The van der Waals surface area contributed by atoms with Gasteiger partial charge in [0.1, 0.15) is 11.6 Å². The standard InChI is InChI=1S/C22H26FN5O2.HI/c1-4-24-22(27-14-19-12-20(15(2)3)28-30-19)26-13-16-7-6-10-25-21(16)29-18-9-5-8-17(23)11-18;/h5-12,15H,4,13-14H2,1-3H3,(H2,24,26,27);1H. The lowest BCUT2D eigenvalue weighted by Crippen LogP contribution is -2.36. The van der Waals surface area contributed by atoms with Gasteiger partial charge in [0, 0.05) is 30.4 Å². The molecular formula is C22H27FIN5O2. The molecule has 0 saturated carbocycles. The molecule has 0 fully saturated rings. The highest BCUT2D eigenvalue weighted by Crippen LogP contribution is 2.24. The molecular weight excluding hydrogens is 512 g/mol. The van der Waals surface area contributed by atoms with E-state index in [9.17, 15) is 4.39 Å². The summed E-state index contributed by atoms with van der Waals surface area (Å²) >= 11 is 0. The zero-order chi connectivity index (χ0) is 21.3. The minimum absolute atomic E-state index is 0. The van der Waals surface area contributed by atoms with Crippen molar-refractivity contribution in [2.24, 2.45) is 4.99 Å². The van der Waals surface area contributed by atoms with Crippen molar-refractivity contribution in [3.8, 4) is 11.6 Å². The van der Waals surface area contributed by atoms with Crippen molar-refractivity contribution in [3.05, 3.63) is 71.5 Å². The topological polar surface area (TPSA) is 84.6 Å². The number of nitrogens with zero attached hydrogens (tertiary/aromatic N) is 3. The number of pyridine rings is 1. The fourth-order valence-electron chi connectivity index (χ4n) is 2.64. The minimum Gasteiger partial charge on any atom is -0.439 e. The molecule has 0 bridgehead atoms. The Kier molecular flexibility index (Phi) is 9.70. The highest BCUT2D eigenvalue weighted by Gasteiger charge is 2.10. The molecule has 0 aliphatic carbocycles. The molecule has 3 aromatic rings. The van der Waals surface area contributed by atoms with E-state index >= 15 is 0 Å². The van der Waals surface area contributed by atoms with E-state index in [1.165, 1.54) is 12.1 Å². The van der Waals surface area contributed by atoms with Crippen LogP contribution in [0.25, 0.3) is 0 Å². The third kappa shape index (κ3) is 7.50. The van der Waals surface area contributed by atoms with Crippen molar-refractivity contribution in [1.29, 1.82) is 0 Å². The number of rotatable bonds is 8. The smallest absolute Gasteiger partial charge is 0.224 e. The molecule has 0 spiro atoms. The Hall–Kier alpha value is -2.69. The van der Waals surface area contributed by atoms with Gasteiger partial charge < -0.3 is 19.9 Å². The van der Waals surface area contributed by atoms with Gasteiger partial charge in [0.2, 0.25) is 5.88 Å². The van der Waals surface area contributed by atoms with Gasteiger partial charge >= 0.3 is 0 Å². The van der Waals surface area contributed by atoms with Crippen molar-refractivity contribution in [2.75, 3.05) is 6.54 Å². The summed E-state index contributed by atoms with van der Waals surface area (Å²) in [7, 11) is 0. The lowest BCUT2D eigenvalue weighted by molar-refractivity contribution is 0.372. The number of ether oxygens (including phenoxy) is 1. The SMILES string of the molecule is CCNC(=NCc1cccnc1Oc1cccc(F)c1)NCc1cc(C(C)C)no1.I. The zero-order valence-electron chi connectivity index (χ0n) is 17.8. The van der Waals surface area contributed by atoms with Gasteiger partial charge in [-0.3, -0.25) is 0 Å². The molecule has 166 valence electrons. The van der Waals surface area contributed by atoms with Crippen LogP contribution in [0.3, 0.4) is 0 Å². The van der Waals surface area contributed by atoms with E-state index in [1.807, 2.05) is 25.1 Å². The second kappa shape index (κ2) is 12.2. The summed E-state index contributed by atoms with van der Waals surface area (Å²) in [5, 5.41) is 10.5. The first kappa shape index (κ1) is 24.6. The monoisotopic (exact) mass is 539 g/mol. The molecule has 0 unspecified atom stereocenters. The van der Waals surface area contributed by atoms with Gasteiger partial charge in [0.15, 0.2) is 11.7 Å². The summed E-state index contributed by atoms with van der Waals surface area (Å²) in [6.07, 6.45) is 1.63. The predicted octanol–water partition coefficient (Wildman–Crippen LogP) is 5.00. The van der Waals surface area contributed by atoms with Crippen molar-refractivity contribution in [2.45, 2.75) is 39.8 Å². The maximum absolute atomic E-state index is 13.4. The second-order valence-electron chi connectivity index (χ2n) is 6.95. The van der Waals surface area contributed by atoms with E-state index in [1.54, 1.807) is 18.3 Å². The number of nitrogens with one attached hydrogen (secondary N) is 2. The molecule has 0 amide bonds. The lowest BCUT2D eigenvalue weighted by atomic mass is 10.1. The first-order valence-electron chi connectivity index (χ1n) is 9.90. The first-order chi connectivity index (χ1) is 14.5. The second-order valence-corrected chi connectivity index (χ2v) is 6.95. The third-order valence-corrected chi connectivity index (χ3v) is 4.21. The van der Waals surface area contributed by atoms with Gasteiger partial charge in [-0.2, -0.15) is 0 Å². The maximum atomic E-state index is 13.4.